The van der Waals surface area contributed by atoms with Crippen LogP contribution in [0, 0.1) is 5.82 Å². The van der Waals surface area contributed by atoms with Crippen LogP contribution in [0.15, 0.2) is 54.1 Å². The minimum atomic E-state index is -0.409. The summed E-state index contributed by atoms with van der Waals surface area (Å²) in [4.78, 5) is 15.0. The van der Waals surface area contributed by atoms with E-state index in [1.165, 1.54) is 70.3 Å². The molecule has 1 N–H and O–H groups in total. The molecule has 1 heterocycles. The summed E-state index contributed by atoms with van der Waals surface area (Å²) in [5.74, 6) is 0.559. The Balaban J connectivity index is 0.00000533. The third-order valence-corrected chi connectivity index (χ3v) is 7.64. The molecule has 3 rings (SSSR count). The van der Waals surface area contributed by atoms with Gasteiger partial charge >= 0.3 is 0 Å². The molecule has 0 bridgehead atoms. The van der Waals surface area contributed by atoms with Crippen LogP contribution in [0.5, 0.6) is 5.75 Å². The second-order valence-electron chi connectivity index (χ2n) is 10.2. The van der Waals surface area contributed by atoms with Gasteiger partial charge < -0.3 is 15.0 Å². The van der Waals surface area contributed by atoms with Crippen LogP contribution >= 0.6 is 28.7 Å². The molecule has 1 amide bonds. The number of hydrogen-bond donors (Lipinski definition) is 1. The number of unbranched alkanes of at least 4 members (excludes halogenated alkanes) is 11. The van der Waals surface area contributed by atoms with Crippen molar-refractivity contribution >= 4 is 40.3 Å². The van der Waals surface area contributed by atoms with Crippen molar-refractivity contribution in [2.45, 2.75) is 96.9 Å². The molecule has 0 radical (unpaired) electrons. The van der Waals surface area contributed by atoms with Crippen molar-refractivity contribution in [2.24, 2.45) is 0 Å². The molecule has 0 fully saturated rings. The van der Waals surface area contributed by atoms with E-state index in [0.717, 1.165) is 36.5 Å². The molecule has 0 aromatic heterocycles. The normalized spacial score (nSPS) is 12.4. The number of nitrogens with zero attached hydrogens (tertiary/aromatic N) is 1. The molecule has 0 aliphatic carbocycles. The average Bonchev–Trinajstić information content (AvgIpc) is 3.41. The first-order valence-corrected chi connectivity index (χ1v) is 15.5. The maximum atomic E-state index is 14.6. The van der Waals surface area contributed by atoms with Gasteiger partial charge in [-0.05, 0) is 35.6 Å². The molecule has 216 valence electrons. The fourth-order valence-corrected chi connectivity index (χ4v) is 5.45. The predicted octanol–water partition coefficient (Wildman–Crippen LogP) is 9.64. The minimum absolute atomic E-state index is 0. The fourth-order valence-electron chi connectivity index (χ4n) is 4.74. The van der Waals surface area contributed by atoms with Gasteiger partial charge in [-0.1, -0.05) is 102 Å². The van der Waals surface area contributed by atoms with Crippen LogP contribution in [-0.2, 0) is 17.8 Å². The smallest absolute Gasteiger partial charge is 0.228 e. The molecule has 39 heavy (non-hydrogen) atoms. The molecule has 4 nitrogen and oxygen atoms in total. The summed E-state index contributed by atoms with van der Waals surface area (Å²) >= 11 is 1.77. The Kier molecular flexibility index (Phi) is 17.0. The van der Waals surface area contributed by atoms with E-state index in [0.29, 0.717) is 12.2 Å². The number of amides is 1. The highest BCUT2D eigenvalue weighted by atomic mass is 79.9. The number of carbonyl (C=O) groups is 1. The number of thioether (sulfide) groups is 1. The van der Waals surface area contributed by atoms with Gasteiger partial charge in [0.25, 0.3) is 0 Å². The second-order valence-corrected chi connectivity index (χ2v) is 11.1. The van der Waals surface area contributed by atoms with Gasteiger partial charge in [-0.15, -0.1) is 28.7 Å². The molecule has 0 saturated heterocycles. The first-order valence-electron chi connectivity index (χ1n) is 14.5. The number of nitrogens with one attached hydrogen (secondary N) is 1. The Bertz CT molecular complexity index is 1000. The highest BCUT2D eigenvalue weighted by molar-refractivity contribution is 8.93. The topological polar surface area (TPSA) is 41.6 Å². The van der Waals surface area contributed by atoms with Crippen LogP contribution in [0.1, 0.15) is 95.1 Å². The summed E-state index contributed by atoms with van der Waals surface area (Å²) in [6, 6.07) is 12.7. The zero-order chi connectivity index (χ0) is 26.8. The largest absolute Gasteiger partial charge is 0.490 e. The number of ether oxygens (including phenoxy) is 1. The van der Waals surface area contributed by atoms with Crippen LogP contribution in [0.3, 0.4) is 0 Å². The van der Waals surface area contributed by atoms with E-state index in [9.17, 15) is 9.18 Å². The van der Waals surface area contributed by atoms with E-state index in [2.05, 4.69) is 34.8 Å². The Morgan fingerprint density at radius 2 is 1.62 bits per heavy atom. The molecule has 1 aliphatic heterocycles. The lowest BCUT2D eigenvalue weighted by Gasteiger charge is -2.15. The first-order chi connectivity index (χ1) is 18.7. The number of benzene rings is 2. The molecule has 0 saturated carbocycles. The van der Waals surface area contributed by atoms with Crippen molar-refractivity contribution in [3.63, 3.8) is 0 Å². The van der Waals surface area contributed by atoms with Crippen LogP contribution in [0.2, 0.25) is 0 Å². The molecule has 0 atom stereocenters. The number of carbonyl (C=O) groups excluding carboxylic acids is 1. The van der Waals surface area contributed by atoms with Crippen molar-refractivity contribution in [1.82, 2.24) is 4.90 Å². The molecule has 0 spiro atoms. The molecular formula is C32H46BrFN2O2S. The van der Waals surface area contributed by atoms with Gasteiger partial charge in [0.1, 0.15) is 0 Å². The summed E-state index contributed by atoms with van der Waals surface area (Å²) in [6.45, 7) is 3.53. The van der Waals surface area contributed by atoms with E-state index in [-0.39, 0.29) is 35.1 Å². The van der Waals surface area contributed by atoms with Crippen molar-refractivity contribution in [2.75, 3.05) is 17.8 Å². The van der Waals surface area contributed by atoms with E-state index in [1.807, 2.05) is 18.2 Å². The van der Waals surface area contributed by atoms with Gasteiger partial charge in [-0.3, -0.25) is 4.79 Å². The van der Waals surface area contributed by atoms with E-state index < -0.39 is 5.82 Å². The fraction of sp³-hybridized carbons (Fsp3) is 0.531. The van der Waals surface area contributed by atoms with Crippen molar-refractivity contribution in [3.8, 4) is 5.75 Å². The Morgan fingerprint density at radius 1 is 0.949 bits per heavy atom. The van der Waals surface area contributed by atoms with E-state index in [1.54, 1.807) is 23.9 Å². The first kappa shape index (κ1) is 33.2. The highest BCUT2D eigenvalue weighted by Crippen LogP contribution is 2.25. The minimum Gasteiger partial charge on any atom is -0.490 e. The number of para-hydroxylation sites is 1. The van der Waals surface area contributed by atoms with Gasteiger partial charge in [0.05, 0.1) is 18.9 Å². The lowest BCUT2D eigenvalue weighted by atomic mass is 10.1. The lowest BCUT2D eigenvalue weighted by Crippen LogP contribution is -2.16. The number of hydrogen-bond acceptors (Lipinski definition) is 4. The molecule has 7 heteroatoms. The Labute approximate surface area is 249 Å². The number of halogens is 2. The van der Waals surface area contributed by atoms with Crippen molar-refractivity contribution in [3.05, 3.63) is 71.0 Å². The SMILES string of the molecule is Br.CCCCCCCCCCCCCCOc1c(F)cccc1CC(=O)Nc1cccc(CN2C=CSC2)c1. The lowest BCUT2D eigenvalue weighted by molar-refractivity contribution is -0.115. The molecular weight excluding hydrogens is 575 g/mol. The molecule has 2 aromatic rings. The van der Waals surface area contributed by atoms with Crippen LogP contribution in [0.25, 0.3) is 0 Å². The standard InChI is InChI=1S/C32H45FN2O2S.BrH/c1-2-3-4-5-6-7-8-9-10-11-12-13-21-37-32-28(17-15-19-30(32)33)24-31(36)34-29-18-14-16-27(23-29)25-35-20-22-38-26-35;/h14-20,22-23H,2-13,21,24-26H2,1H3,(H,34,36);1H. The van der Waals surface area contributed by atoms with E-state index in [4.69, 9.17) is 4.74 Å². The van der Waals surface area contributed by atoms with Crippen molar-refractivity contribution < 1.29 is 13.9 Å². The Morgan fingerprint density at radius 3 is 2.28 bits per heavy atom. The average molecular weight is 622 g/mol. The zero-order valence-corrected chi connectivity index (χ0v) is 26.0. The van der Waals surface area contributed by atoms with Crippen LogP contribution in [0.4, 0.5) is 10.1 Å². The third kappa shape index (κ3) is 13.3. The van der Waals surface area contributed by atoms with E-state index >= 15 is 0 Å². The maximum absolute atomic E-state index is 14.6. The van der Waals surface area contributed by atoms with Crippen LogP contribution < -0.4 is 10.1 Å². The number of anilines is 1. The third-order valence-electron chi connectivity index (χ3n) is 6.85. The molecule has 0 unspecified atom stereocenters. The summed E-state index contributed by atoms with van der Waals surface area (Å²) in [7, 11) is 0. The zero-order valence-electron chi connectivity index (χ0n) is 23.5. The van der Waals surface area contributed by atoms with Gasteiger partial charge in [-0.2, -0.15) is 0 Å². The van der Waals surface area contributed by atoms with Crippen LogP contribution in [-0.4, -0.2) is 23.3 Å². The molecule has 2 aromatic carbocycles. The molecule has 1 aliphatic rings. The summed E-state index contributed by atoms with van der Waals surface area (Å²) in [5.41, 5.74) is 2.46. The number of rotatable bonds is 19. The summed E-state index contributed by atoms with van der Waals surface area (Å²) < 4.78 is 20.4. The monoisotopic (exact) mass is 620 g/mol. The van der Waals surface area contributed by atoms with Gasteiger partial charge in [0.2, 0.25) is 5.91 Å². The summed E-state index contributed by atoms with van der Waals surface area (Å²) in [5, 5.41) is 5.05. The van der Waals surface area contributed by atoms with Gasteiger partial charge in [0.15, 0.2) is 11.6 Å². The van der Waals surface area contributed by atoms with Crippen molar-refractivity contribution in [1.29, 1.82) is 0 Å². The Hall–Kier alpha value is -1.99. The second kappa shape index (κ2) is 20.0. The summed E-state index contributed by atoms with van der Waals surface area (Å²) in [6.07, 6.45) is 17.4. The maximum Gasteiger partial charge on any atom is 0.228 e. The highest BCUT2D eigenvalue weighted by Gasteiger charge is 2.14. The van der Waals surface area contributed by atoms with Gasteiger partial charge in [-0.25, -0.2) is 4.39 Å². The quantitative estimate of drug-likeness (QED) is 0.159. The van der Waals surface area contributed by atoms with Gasteiger partial charge in [0, 0.05) is 24.0 Å². The predicted molar refractivity (Wildman–Crippen MR) is 169 cm³/mol.